The highest BCUT2D eigenvalue weighted by Gasteiger charge is 2.11. The van der Waals surface area contributed by atoms with Crippen LogP contribution in [0.4, 0.5) is 0 Å². The van der Waals surface area contributed by atoms with Crippen molar-refractivity contribution in [2.24, 2.45) is 0 Å². The minimum absolute atomic E-state index is 0.0563. The van der Waals surface area contributed by atoms with Gasteiger partial charge in [-0.2, -0.15) is 0 Å². The molecule has 0 unspecified atom stereocenters. The molecule has 0 aliphatic rings. The molecule has 1 aromatic heterocycles. The zero-order chi connectivity index (χ0) is 22.3. The van der Waals surface area contributed by atoms with E-state index >= 15 is 0 Å². The van der Waals surface area contributed by atoms with Crippen LogP contribution in [0.3, 0.4) is 0 Å². The molecule has 1 amide bonds. The molecular formula is C27H29N3O2. The lowest BCUT2D eigenvalue weighted by Gasteiger charge is -2.11. The van der Waals surface area contributed by atoms with E-state index in [-0.39, 0.29) is 5.91 Å². The average Bonchev–Trinajstić information content (AvgIpc) is 3.15. The number of nitrogens with zero attached hydrogens (tertiary/aromatic N) is 2. The molecule has 0 aliphatic heterocycles. The molecule has 1 heterocycles. The maximum atomic E-state index is 12.4. The Hall–Kier alpha value is -3.60. The number of fused-ring (bicyclic) bond motifs is 1. The third-order valence-corrected chi connectivity index (χ3v) is 5.50. The van der Waals surface area contributed by atoms with Crippen LogP contribution in [0.25, 0.3) is 11.0 Å². The maximum absolute atomic E-state index is 12.4. The van der Waals surface area contributed by atoms with E-state index < -0.39 is 0 Å². The SMILES string of the molecule is Cc1ccc(OCCCn2c(CCNC(=O)c3ccc(C)cc3)nc3ccccc32)cc1. The van der Waals surface area contributed by atoms with Gasteiger partial charge < -0.3 is 14.6 Å². The number of carbonyl (C=O) groups is 1. The van der Waals surface area contributed by atoms with Gasteiger partial charge in [0.15, 0.2) is 0 Å². The molecular weight excluding hydrogens is 398 g/mol. The Kier molecular flexibility index (Phi) is 6.85. The number of para-hydroxylation sites is 2. The van der Waals surface area contributed by atoms with Crippen LogP contribution in [-0.4, -0.2) is 28.6 Å². The summed E-state index contributed by atoms with van der Waals surface area (Å²) in [7, 11) is 0. The Balaban J connectivity index is 1.36. The number of hydrogen-bond donors (Lipinski definition) is 1. The lowest BCUT2D eigenvalue weighted by molar-refractivity contribution is 0.0954. The monoisotopic (exact) mass is 427 g/mol. The lowest BCUT2D eigenvalue weighted by Crippen LogP contribution is -2.26. The summed E-state index contributed by atoms with van der Waals surface area (Å²) in [6.45, 7) is 6.07. The van der Waals surface area contributed by atoms with E-state index in [4.69, 9.17) is 9.72 Å². The van der Waals surface area contributed by atoms with Crippen LogP contribution in [-0.2, 0) is 13.0 Å². The molecule has 4 aromatic rings. The number of carbonyl (C=O) groups excluding carboxylic acids is 1. The van der Waals surface area contributed by atoms with Gasteiger partial charge in [-0.3, -0.25) is 4.79 Å². The number of hydrogen-bond acceptors (Lipinski definition) is 3. The highest BCUT2D eigenvalue weighted by Crippen LogP contribution is 2.18. The molecule has 0 spiro atoms. The third kappa shape index (κ3) is 5.35. The van der Waals surface area contributed by atoms with E-state index in [0.717, 1.165) is 41.1 Å². The fraction of sp³-hybridized carbons (Fsp3) is 0.259. The van der Waals surface area contributed by atoms with E-state index in [1.807, 2.05) is 61.5 Å². The summed E-state index contributed by atoms with van der Waals surface area (Å²) in [5, 5.41) is 3.01. The van der Waals surface area contributed by atoms with E-state index in [9.17, 15) is 4.79 Å². The number of rotatable bonds is 9. The molecule has 0 fully saturated rings. The van der Waals surface area contributed by atoms with Crippen LogP contribution < -0.4 is 10.1 Å². The van der Waals surface area contributed by atoms with E-state index in [0.29, 0.717) is 25.1 Å². The van der Waals surface area contributed by atoms with Crippen LogP contribution in [0, 0.1) is 13.8 Å². The van der Waals surface area contributed by atoms with Crippen molar-refractivity contribution in [1.29, 1.82) is 0 Å². The first-order valence-electron chi connectivity index (χ1n) is 11.1. The molecule has 3 aromatic carbocycles. The van der Waals surface area contributed by atoms with Gasteiger partial charge >= 0.3 is 0 Å². The number of nitrogens with one attached hydrogen (secondary N) is 1. The van der Waals surface area contributed by atoms with Gasteiger partial charge in [0.25, 0.3) is 5.91 Å². The Morgan fingerprint density at radius 2 is 1.62 bits per heavy atom. The molecule has 0 aliphatic carbocycles. The minimum Gasteiger partial charge on any atom is -0.494 e. The van der Waals surface area contributed by atoms with Crippen LogP contribution >= 0.6 is 0 Å². The highest BCUT2D eigenvalue weighted by atomic mass is 16.5. The van der Waals surface area contributed by atoms with E-state index in [2.05, 4.69) is 35.0 Å². The van der Waals surface area contributed by atoms with Crippen molar-refractivity contribution in [1.82, 2.24) is 14.9 Å². The smallest absolute Gasteiger partial charge is 0.251 e. The topological polar surface area (TPSA) is 56.1 Å². The maximum Gasteiger partial charge on any atom is 0.251 e. The van der Waals surface area contributed by atoms with Crippen molar-refractivity contribution in [3.63, 3.8) is 0 Å². The molecule has 1 N–H and O–H groups in total. The van der Waals surface area contributed by atoms with Gasteiger partial charge in [-0.25, -0.2) is 4.98 Å². The standard InChI is InChI=1S/C27H29N3O2/c1-20-8-12-22(13-9-20)27(31)28-17-16-26-29-24-6-3-4-7-25(24)30(26)18-5-19-32-23-14-10-21(2)11-15-23/h3-4,6-15H,5,16-19H2,1-2H3,(H,28,31). The van der Waals surface area contributed by atoms with Crippen molar-refractivity contribution in [2.75, 3.05) is 13.2 Å². The second kappa shape index (κ2) is 10.1. The normalized spacial score (nSPS) is 10.9. The summed E-state index contributed by atoms with van der Waals surface area (Å²) in [4.78, 5) is 17.2. The molecule has 0 saturated heterocycles. The summed E-state index contributed by atoms with van der Waals surface area (Å²) < 4.78 is 8.13. The minimum atomic E-state index is -0.0563. The van der Waals surface area contributed by atoms with Gasteiger partial charge in [-0.15, -0.1) is 0 Å². The molecule has 5 heteroatoms. The first-order valence-corrected chi connectivity index (χ1v) is 11.1. The van der Waals surface area contributed by atoms with Crippen molar-refractivity contribution in [3.8, 4) is 5.75 Å². The van der Waals surface area contributed by atoms with Crippen molar-refractivity contribution >= 4 is 16.9 Å². The average molecular weight is 428 g/mol. The van der Waals surface area contributed by atoms with Gasteiger partial charge in [0.05, 0.1) is 17.6 Å². The predicted molar refractivity (Wildman–Crippen MR) is 128 cm³/mol. The predicted octanol–water partition coefficient (Wildman–Crippen LogP) is 5.09. The largest absolute Gasteiger partial charge is 0.494 e. The summed E-state index contributed by atoms with van der Waals surface area (Å²) >= 11 is 0. The Labute approximate surface area is 189 Å². The number of ether oxygens (including phenoxy) is 1. The van der Waals surface area contributed by atoms with Crippen LogP contribution in [0.2, 0.25) is 0 Å². The van der Waals surface area contributed by atoms with Crippen LogP contribution in [0.5, 0.6) is 5.75 Å². The van der Waals surface area contributed by atoms with Crippen molar-refractivity contribution in [2.45, 2.75) is 33.2 Å². The second-order valence-corrected chi connectivity index (χ2v) is 8.06. The van der Waals surface area contributed by atoms with Crippen molar-refractivity contribution in [3.05, 3.63) is 95.3 Å². The number of amides is 1. The number of imidazole rings is 1. The molecule has 0 atom stereocenters. The van der Waals surface area contributed by atoms with Crippen LogP contribution in [0.15, 0.2) is 72.8 Å². The number of benzene rings is 3. The van der Waals surface area contributed by atoms with Gasteiger partial charge in [-0.1, -0.05) is 47.5 Å². The first-order chi connectivity index (χ1) is 15.6. The van der Waals surface area contributed by atoms with E-state index in [1.165, 1.54) is 5.56 Å². The van der Waals surface area contributed by atoms with Gasteiger partial charge in [-0.05, 0) is 56.7 Å². The summed E-state index contributed by atoms with van der Waals surface area (Å²) in [5.74, 6) is 1.81. The van der Waals surface area contributed by atoms with E-state index in [1.54, 1.807) is 0 Å². The third-order valence-electron chi connectivity index (χ3n) is 5.50. The molecule has 0 bridgehead atoms. The van der Waals surface area contributed by atoms with Crippen molar-refractivity contribution < 1.29 is 9.53 Å². The fourth-order valence-electron chi connectivity index (χ4n) is 3.71. The number of aromatic nitrogens is 2. The molecule has 0 radical (unpaired) electrons. The summed E-state index contributed by atoms with van der Waals surface area (Å²) in [6, 6.07) is 23.9. The molecule has 0 saturated carbocycles. The molecule has 32 heavy (non-hydrogen) atoms. The zero-order valence-corrected chi connectivity index (χ0v) is 18.7. The second-order valence-electron chi connectivity index (χ2n) is 8.06. The molecule has 4 rings (SSSR count). The Morgan fingerprint density at radius 1 is 0.938 bits per heavy atom. The molecule has 164 valence electrons. The van der Waals surface area contributed by atoms with Crippen LogP contribution in [0.1, 0.15) is 33.7 Å². The van der Waals surface area contributed by atoms with Gasteiger partial charge in [0, 0.05) is 25.1 Å². The molecule has 5 nitrogen and oxygen atoms in total. The van der Waals surface area contributed by atoms with Gasteiger partial charge in [0.1, 0.15) is 11.6 Å². The Bertz CT molecular complexity index is 1180. The summed E-state index contributed by atoms with van der Waals surface area (Å²) in [6.07, 6.45) is 1.54. The summed E-state index contributed by atoms with van der Waals surface area (Å²) in [5.41, 5.74) is 5.13. The Morgan fingerprint density at radius 3 is 2.38 bits per heavy atom. The lowest BCUT2D eigenvalue weighted by atomic mass is 10.1. The quantitative estimate of drug-likeness (QED) is 0.378. The first kappa shape index (κ1) is 21.6. The van der Waals surface area contributed by atoms with Gasteiger partial charge in [0.2, 0.25) is 0 Å². The zero-order valence-electron chi connectivity index (χ0n) is 18.7. The fourth-order valence-corrected chi connectivity index (χ4v) is 3.71. The highest BCUT2D eigenvalue weighted by molar-refractivity contribution is 5.94. The number of aryl methyl sites for hydroxylation is 3.